The van der Waals surface area contributed by atoms with Gasteiger partial charge < -0.3 is 15.1 Å². The summed E-state index contributed by atoms with van der Waals surface area (Å²) in [5.41, 5.74) is 3.56. The molecule has 1 saturated heterocycles. The SMILES string of the molecule is Cc1ccc(CNC(=O)c2ccc3nn(CC(=O)N4CCN(c5ccccc5)CC4)c(=O)n3c2)cc1. The lowest BCUT2D eigenvalue weighted by Crippen LogP contribution is -2.50. The van der Waals surface area contributed by atoms with Gasteiger partial charge in [-0.05, 0) is 36.8 Å². The molecular weight excluding hydrogens is 456 g/mol. The molecule has 2 aromatic heterocycles. The third kappa shape index (κ3) is 5.00. The molecule has 1 aliphatic heterocycles. The highest BCUT2D eigenvalue weighted by Crippen LogP contribution is 2.15. The van der Waals surface area contributed by atoms with Crippen molar-refractivity contribution in [3.63, 3.8) is 0 Å². The molecule has 0 saturated carbocycles. The van der Waals surface area contributed by atoms with Crippen molar-refractivity contribution in [3.8, 4) is 0 Å². The van der Waals surface area contributed by atoms with Crippen LogP contribution in [0.4, 0.5) is 5.69 Å². The molecule has 36 heavy (non-hydrogen) atoms. The number of piperazine rings is 1. The number of carbonyl (C=O) groups excluding carboxylic acids is 2. The predicted octanol–water partition coefficient (Wildman–Crippen LogP) is 2.08. The second kappa shape index (κ2) is 10.1. The quantitative estimate of drug-likeness (QED) is 0.453. The van der Waals surface area contributed by atoms with E-state index in [1.165, 1.54) is 10.6 Å². The fourth-order valence-corrected chi connectivity index (χ4v) is 4.33. The zero-order chi connectivity index (χ0) is 25.1. The monoisotopic (exact) mass is 484 g/mol. The third-order valence-electron chi connectivity index (χ3n) is 6.45. The Bertz CT molecular complexity index is 1430. The first-order chi connectivity index (χ1) is 17.5. The van der Waals surface area contributed by atoms with E-state index in [4.69, 9.17) is 0 Å². The van der Waals surface area contributed by atoms with Crippen LogP contribution in [0.3, 0.4) is 0 Å². The van der Waals surface area contributed by atoms with Gasteiger partial charge in [-0.15, -0.1) is 5.10 Å². The molecular formula is C27H28N6O3. The lowest BCUT2D eigenvalue weighted by atomic mass is 10.1. The summed E-state index contributed by atoms with van der Waals surface area (Å²) >= 11 is 0. The number of para-hydroxylation sites is 1. The number of anilines is 1. The lowest BCUT2D eigenvalue weighted by Gasteiger charge is -2.36. The third-order valence-corrected chi connectivity index (χ3v) is 6.45. The van der Waals surface area contributed by atoms with Gasteiger partial charge in [-0.1, -0.05) is 48.0 Å². The second-order valence-corrected chi connectivity index (χ2v) is 8.96. The van der Waals surface area contributed by atoms with Gasteiger partial charge in [0.1, 0.15) is 6.54 Å². The Labute approximate surface area is 208 Å². The van der Waals surface area contributed by atoms with Gasteiger partial charge in [-0.2, -0.15) is 0 Å². The van der Waals surface area contributed by atoms with Gasteiger partial charge in [0.25, 0.3) is 5.91 Å². The van der Waals surface area contributed by atoms with E-state index in [9.17, 15) is 14.4 Å². The van der Waals surface area contributed by atoms with E-state index in [-0.39, 0.29) is 18.4 Å². The summed E-state index contributed by atoms with van der Waals surface area (Å²) in [6.07, 6.45) is 1.47. The number of nitrogens with zero attached hydrogens (tertiary/aromatic N) is 5. The first-order valence-electron chi connectivity index (χ1n) is 12.0. The van der Waals surface area contributed by atoms with E-state index in [0.29, 0.717) is 30.8 Å². The van der Waals surface area contributed by atoms with Crippen LogP contribution in [0, 0.1) is 6.92 Å². The molecule has 5 rings (SSSR count). The average molecular weight is 485 g/mol. The van der Waals surface area contributed by atoms with E-state index in [1.807, 2.05) is 49.4 Å². The number of fused-ring (bicyclic) bond motifs is 1. The van der Waals surface area contributed by atoms with E-state index < -0.39 is 5.69 Å². The second-order valence-electron chi connectivity index (χ2n) is 8.96. The zero-order valence-electron chi connectivity index (χ0n) is 20.1. The van der Waals surface area contributed by atoms with E-state index >= 15 is 0 Å². The maximum atomic E-state index is 12.9. The van der Waals surface area contributed by atoms with Crippen LogP contribution in [0.15, 0.2) is 77.7 Å². The molecule has 9 heteroatoms. The van der Waals surface area contributed by atoms with Gasteiger partial charge >= 0.3 is 5.69 Å². The first kappa shape index (κ1) is 23.3. The molecule has 0 bridgehead atoms. The van der Waals surface area contributed by atoms with Crippen molar-refractivity contribution in [2.45, 2.75) is 20.0 Å². The Kier molecular flexibility index (Phi) is 6.53. The molecule has 2 amide bonds. The summed E-state index contributed by atoms with van der Waals surface area (Å²) in [6, 6.07) is 21.3. The number of hydrogen-bond donors (Lipinski definition) is 1. The highest BCUT2D eigenvalue weighted by molar-refractivity contribution is 5.94. The summed E-state index contributed by atoms with van der Waals surface area (Å²) in [5, 5.41) is 7.16. The molecule has 0 atom stereocenters. The Morgan fingerprint density at radius 1 is 0.917 bits per heavy atom. The van der Waals surface area contributed by atoms with Gasteiger partial charge in [0.2, 0.25) is 5.91 Å². The Balaban J connectivity index is 1.22. The molecule has 4 aromatic rings. The Morgan fingerprint density at radius 3 is 2.36 bits per heavy atom. The van der Waals surface area contributed by atoms with Crippen molar-refractivity contribution in [1.29, 1.82) is 0 Å². The van der Waals surface area contributed by atoms with Crippen LogP contribution in [0.2, 0.25) is 0 Å². The summed E-state index contributed by atoms with van der Waals surface area (Å²) < 4.78 is 2.47. The standard InChI is InChI=1S/C27H28N6O3/c1-20-7-9-21(10-8-20)17-28-26(35)22-11-12-24-29-33(27(36)32(24)18-22)19-25(34)31-15-13-30(14-16-31)23-5-3-2-4-6-23/h2-12,18H,13-17,19H2,1H3,(H,28,35). The van der Waals surface area contributed by atoms with Gasteiger partial charge in [-0.3, -0.25) is 9.59 Å². The van der Waals surface area contributed by atoms with Crippen molar-refractivity contribution < 1.29 is 9.59 Å². The van der Waals surface area contributed by atoms with E-state index in [0.717, 1.165) is 34.6 Å². The summed E-state index contributed by atoms with van der Waals surface area (Å²) in [5.74, 6) is -0.436. The number of aryl methyl sites for hydroxylation is 1. The molecule has 0 spiro atoms. The number of pyridine rings is 1. The molecule has 1 aliphatic rings. The number of nitrogens with one attached hydrogen (secondary N) is 1. The average Bonchev–Trinajstić information content (AvgIpc) is 3.23. The molecule has 9 nitrogen and oxygen atoms in total. The molecule has 0 unspecified atom stereocenters. The first-order valence-corrected chi connectivity index (χ1v) is 12.0. The van der Waals surface area contributed by atoms with Crippen LogP contribution in [0.1, 0.15) is 21.5 Å². The Hall–Kier alpha value is -4.40. The summed E-state index contributed by atoms with van der Waals surface area (Å²) in [6.45, 7) is 4.89. The van der Waals surface area contributed by atoms with Gasteiger partial charge in [0.05, 0.1) is 5.56 Å². The van der Waals surface area contributed by atoms with E-state index in [1.54, 1.807) is 17.0 Å². The predicted molar refractivity (Wildman–Crippen MR) is 137 cm³/mol. The maximum Gasteiger partial charge on any atom is 0.350 e. The number of aromatic nitrogens is 3. The topological polar surface area (TPSA) is 91.9 Å². The van der Waals surface area contributed by atoms with Crippen molar-refractivity contribution >= 4 is 23.1 Å². The maximum absolute atomic E-state index is 12.9. The number of benzene rings is 2. The molecule has 1 fully saturated rings. The van der Waals surface area contributed by atoms with Crippen molar-refractivity contribution in [3.05, 3.63) is 100 Å². The number of carbonyl (C=O) groups is 2. The van der Waals surface area contributed by atoms with Gasteiger partial charge in [0.15, 0.2) is 5.65 Å². The number of amides is 2. The highest BCUT2D eigenvalue weighted by Gasteiger charge is 2.23. The molecule has 184 valence electrons. The van der Waals surface area contributed by atoms with Crippen LogP contribution in [-0.4, -0.2) is 57.1 Å². The van der Waals surface area contributed by atoms with Gasteiger partial charge in [0, 0.05) is 44.6 Å². The van der Waals surface area contributed by atoms with Crippen molar-refractivity contribution in [1.82, 2.24) is 24.4 Å². The molecule has 0 radical (unpaired) electrons. The fourth-order valence-electron chi connectivity index (χ4n) is 4.33. The van der Waals surface area contributed by atoms with Crippen molar-refractivity contribution in [2.24, 2.45) is 0 Å². The van der Waals surface area contributed by atoms with Crippen LogP contribution in [0.25, 0.3) is 5.65 Å². The smallest absolute Gasteiger partial charge is 0.350 e. The van der Waals surface area contributed by atoms with Crippen LogP contribution < -0.4 is 15.9 Å². The minimum absolute atomic E-state index is 0.138. The summed E-state index contributed by atoms with van der Waals surface area (Å²) in [4.78, 5) is 42.5. The van der Waals surface area contributed by atoms with Crippen LogP contribution >= 0.6 is 0 Å². The fraction of sp³-hybridized carbons (Fsp3) is 0.259. The highest BCUT2D eigenvalue weighted by atomic mass is 16.2. The normalized spacial score (nSPS) is 13.7. The van der Waals surface area contributed by atoms with E-state index in [2.05, 4.69) is 27.4 Å². The zero-order valence-corrected chi connectivity index (χ0v) is 20.1. The van der Waals surface area contributed by atoms with Crippen LogP contribution in [0.5, 0.6) is 0 Å². The molecule has 1 N–H and O–H groups in total. The number of hydrogen-bond acceptors (Lipinski definition) is 5. The van der Waals surface area contributed by atoms with Crippen LogP contribution in [-0.2, 0) is 17.9 Å². The van der Waals surface area contributed by atoms with Crippen molar-refractivity contribution in [2.75, 3.05) is 31.1 Å². The largest absolute Gasteiger partial charge is 0.368 e. The van der Waals surface area contributed by atoms with Gasteiger partial charge in [-0.25, -0.2) is 13.9 Å². The number of rotatable bonds is 6. The minimum atomic E-state index is -0.450. The lowest BCUT2D eigenvalue weighted by molar-refractivity contribution is -0.132. The molecule has 0 aliphatic carbocycles. The molecule has 3 heterocycles. The minimum Gasteiger partial charge on any atom is -0.368 e. The Morgan fingerprint density at radius 2 is 1.64 bits per heavy atom. The summed E-state index contributed by atoms with van der Waals surface area (Å²) in [7, 11) is 0. The molecule has 2 aromatic carbocycles.